The van der Waals surface area contributed by atoms with Crippen LogP contribution in [0.25, 0.3) is 27.9 Å². The summed E-state index contributed by atoms with van der Waals surface area (Å²) in [5, 5.41) is 11.7. The van der Waals surface area contributed by atoms with Crippen LogP contribution in [-0.2, 0) is 4.79 Å². The number of ether oxygens (including phenoxy) is 1. The maximum atomic E-state index is 12.2. The predicted octanol–water partition coefficient (Wildman–Crippen LogP) is 2.64. The molecule has 1 saturated heterocycles. The molecule has 2 aromatic carbocycles. The van der Waals surface area contributed by atoms with Crippen molar-refractivity contribution < 1.29 is 9.53 Å². The van der Waals surface area contributed by atoms with Crippen LogP contribution < -0.4 is 15.4 Å². The van der Waals surface area contributed by atoms with Gasteiger partial charge in [0.2, 0.25) is 11.9 Å². The lowest BCUT2D eigenvalue weighted by Gasteiger charge is -2.23. The van der Waals surface area contributed by atoms with Gasteiger partial charge in [-0.15, -0.1) is 5.10 Å². The van der Waals surface area contributed by atoms with E-state index in [0.29, 0.717) is 24.0 Å². The number of carbonyl (C=O) groups excluding carboxylic acids is 1. The van der Waals surface area contributed by atoms with Gasteiger partial charge in [-0.3, -0.25) is 4.79 Å². The number of para-hydroxylation sites is 1. The third kappa shape index (κ3) is 3.12. The van der Waals surface area contributed by atoms with Gasteiger partial charge < -0.3 is 15.4 Å². The van der Waals surface area contributed by atoms with Gasteiger partial charge in [-0.1, -0.05) is 12.1 Å². The lowest BCUT2D eigenvalue weighted by atomic mass is 10.1. The lowest BCUT2D eigenvalue weighted by molar-refractivity contribution is -0.123. The Morgan fingerprint density at radius 1 is 1.14 bits per heavy atom. The quantitative estimate of drug-likeness (QED) is 0.558. The van der Waals surface area contributed by atoms with E-state index in [1.807, 2.05) is 48.5 Å². The number of methoxy groups -OCH3 is 1. The van der Waals surface area contributed by atoms with Gasteiger partial charge in [-0.05, 0) is 49.2 Å². The highest BCUT2D eigenvalue weighted by molar-refractivity contribution is 5.93. The Morgan fingerprint density at radius 3 is 2.76 bits per heavy atom. The molecule has 0 aliphatic carbocycles. The number of fused-ring (bicyclic) bond motifs is 3. The van der Waals surface area contributed by atoms with Gasteiger partial charge in [0.05, 0.1) is 12.6 Å². The molecule has 1 amide bonds. The molecule has 1 aliphatic rings. The molecular weight excluding hydrogens is 368 g/mol. The van der Waals surface area contributed by atoms with Crippen molar-refractivity contribution in [1.82, 2.24) is 24.9 Å². The number of aromatic nitrogens is 4. The first-order chi connectivity index (χ1) is 14.2. The lowest BCUT2D eigenvalue weighted by Crippen LogP contribution is -2.44. The Hall–Kier alpha value is -3.68. The van der Waals surface area contributed by atoms with Gasteiger partial charge in [0.25, 0.3) is 0 Å². The zero-order chi connectivity index (χ0) is 19.8. The van der Waals surface area contributed by atoms with Gasteiger partial charge in [0.1, 0.15) is 11.8 Å². The number of nitrogens with one attached hydrogen (secondary N) is 2. The van der Waals surface area contributed by atoms with Gasteiger partial charge in [-0.2, -0.15) is 4.52 Å². The minimum absolute atomic E-state index is 0.0187. The number of nitrogens with zero attached hydrogens (tertiary/aromatic N) is 4. The highest BCUT2D eigenvalue weighted by Crippen LogP contribution is 2.26. The van der Waals surface area contributed by atoms with Crippen molar-refractivity contribution in [2.75, 3.05) is 19.0 Å². The van der Waals surface area contributed by atoms with Crippen molar-refractivity contribution >= 4 is 28.4 Å². The van der Waals surface area contributed by atoms with E-state index >= 15 is 0 Å². The Morgan fingerprint density at radius 2 is 1.97 bits per heavy atom. The van der Waals surface area contributed by atoms with Crippen LogP contribution in [0, 0.1) is 0 Å². The molecule has 0 unspecified atom stereocenters. The smallest absolute Gasteiger partial charge is 0.242 e. The maximum Gasteiger partial charge on any atom is 0.242 e. The van der Waals surface area contributed by atoms with Gasteiger partial charge in [-0.25, -0.2) is 9.97 Å². The average molecular weight is 388 g/mol. The standard InChI is InChI=1S/C21H20N6O2/c1-29-14-10-8-13(9-11-14)18-25-19-15-5-2-3-6-16(15)23-21(27(19)26-18)24-17-7-4-12-22-20(17)28/h2-3,5-6,8-11,17H,4,7,12H2,1H3,(H,22,28)(H,23,24)/t17-/m0/s1. The van der Waals surface area contributed by atoms with Crippen molar-refractivity contribution in [1.29, 1.82) is 0 Å². The Kier molecular flexibility index (Phi) is 4.23. The van der Waals surface area contributed by atoms with Crippen LogP contribution in [0.4, 0.5) is 5.95 Å². The summed E-state index contributed by atoms with van der Waals surface area (Å²) in [6.07, 6.45) is 1.68. The molecule has 4 aromatic rings. The van der Waals surface area contributed by atoms with Crippen molar-refractivity contribution in [3.05, 3.63) is 48.5 Å². The predicted molar refractivity (Wildman–Crippen MR) is 110 cm³/mol. The fourth-order valence-corrected chi connectivity index (χ4v) is 3.58. The highest BCUT2D eigenvalue weighted by atomic mass is 16.5. The normalized spacial score (nSPS) is 16.7. The van der Waals surface area contributed by atoms with E-state index in [4.69, 9.17) is 14.7 Å². The second-order valence-corrected chi connectivity index (χ2v) is 6.98. The van der Waals surface area contributed by atoms with Gasteiger partial charge in [0, 0.05) is 17.5 Å². The second-order valence-electron chi connectivity index (χ2n) is 6.98. The zero-order valence-electron chi connectivity index (χ0n) is 15.9. The van der Waals surface area contributed by atoms with Crippen LogP contribution in [0.5, 0.6) is 5.75 Å². The van der Waals surface area contributed by atoms with E-state index in [-0.39, 0.29) is 11.9 Å². The monoisotopic (exact) mass is 388 g/mol. The number of benzene rings is 2. The van der Waals surface area contributed by atoms with Crippen LogP contribution >= 0.6 is 0 Å². The Bertz CT molecular complexity index is 1200. The molecule has 0 spiro atoms. The number of rotatable bonds is 4. The van der Waals surface area contributed by atoms with Crippen LogP contribution in [0.1, 0.15) is 12.8 Å². The van der Waals surface area contributed by atoms with Crippen molar-refractivity contribution in [3.63, 3.8) is 0 Å². The van der Waals surface area contributed by atoms with Gasteiger partial charge in [0.15, 0.2) is 11.5 Å². The summed E-state index contributed by atoms with van der Waals surface area (Å²) in [5.41, 5.74) is 2.37. The highest BCUT2D eigenvalue weighted by Gasteiger charge is 2.24. The van der Waals surface area contributed by atoms with Gasteiger partial charge >= 0.3 is 0 Å². The number of anilines is 1. The minimum atomic E-state index is -0.339. The SMILES string of the molecule is COc1ccc(-c2nc3c4ccccc4nc(N[C@H]4CCCNC4=O)n3n2)cc1. The molecule has 29 heavy (non-hydrogen) atoms. The molecule has 8 heteroatoms. The van der Waals surface area contributed by atoms with E-state index in [2.05, 4.69) is 15.7 Å². The zero-order valence-corrected chi connectivity index (χ0v) is 15.9. The number of piperidine rings is 1. The summed E-state index contributed by atoms with van der Waals surface area (Å²) in [4.78, 5) is 21.7. The molecule has 0 bridgehead atoms. The average Bonchev–Trinajstić information content (AvgIpc) is 3.21. The molecule has 1 aliphatic heterocycles. The van der Waals surface area contributed by atoms with Crippen LogP contribution in [0.15, 0.2) is 48.5 Å². The Balaban J connectivity index is 1.64. The van der Waals surface area contributed by atoms with Crippen molar-refractivity contribution in [2.24, 2.45) is 0 Å². The second kappa shape index (κ2) is 7.05. The number of carbonyl (C=O) groups is 1. The topological polar surface area (TPSA) is 93.4 Å². The summed E-state index contributed by atoms with van der Waals surface area (Å²) in [5.74, 6) is 1.85. The fraction of sp³-hybridized carbons (Fsp3) is 0.238. The maximum absolute atomic E-state index is 12.2. The molecule has 2 N–H and O–H groups in total. The number of amides is 1. The molecule has 0 radical (unpaired) electrons. The van der Waals surface area contributed by atoms with Crippen molar-refractivity contribution in [3.8, 4) is 17.1 Å². The molecule has 8 nitrogen and oxygen atoms in total. The molecule has 0 saturated carbocycles. The van der Waals surface area contributed by atoms with Crippen molar-refractivity contribution in [2.45, 2.75) is 18.9 Å². The molecule has 2 aromatic heterocycles. The third-order valence-electron chi connectivity index (χ3n) is 5.12. The first-order valence-electron chi connectivity index (χ1n) is 9.57. The summed E-state index contributed by atoms with van der Waals surface area (Å²) in [6, 6.07) is 15.1. The fourth-order valence-electron chi connectivity index (χ4n) is 3.58. The van der Waals surface area contributed by atoms with Crippen LogP contribution in [0.3, 0.4) is 0 Å². The summed E-state index contributed by atoms with van der Waals surface area (Å²) in [6.45, 7) is 0.711. The summed E-state index contributed by atoms with van der Waals surface area (Å²) in [7, 11) is 1.63. The van der Waals surface area contributed by atoms with Crippen LogP contribution in [0.2, 0.25) is 0 Å². The van der Waals surface area contributed by atoms with E-state index in [1.165, 1.54) is 0 Å². The van der Waals surface area contributed by atoms with E-state index in [0.717, 1.165) is 35.1 Å². The molecule has 5 rings (SSSR count). The minimum Gasteiger partial charge on any atom is -0.497 e. The molecule has 3 heterocycles. The third-order valence-corrected chi connectivity index (χ3v) is 5.12. The number of hydrogen-bond acceptors (Lipinski definition) is 6. The molecule has 1 atom stereocenters. The first-order valence-corrected chi connectivity index (χ1v) is 9.57. The Labute approximate surface area is 166 Å². The molecule has 146 valence electrons. The van der Waals surface area contributed by atoms with Crippen LogP contribution in [-0.4, -0.2) is 45.2 Å². The summed E-state index contributed by atoms with van der Waals surface area (Å²) >= 11 is 0. The largest absolute Gasteiger partial charge is 0.497 e. The van der Waals surface area contributed by atoms with E-state index in [9.17, 15) is 4.79 Å². The first kappa shape index (κ1) is 17.4. The molecular formula is C21H20N6O2. The molecule has 1 fully saturated rings. The van der Waals surface area contributed by atoms with E-state index < -0.39 is 0 Å². The number of hydrogen-bond donors (Lipinski definition) is 2. The van der Waals surface area contributed by atoms with E-state index in [1.54, 1.807) is 11.6 Å². The summed E-state index contributed by atoms with van der Waals surface area (Å²) < 4.78 is 6.92.